The zero-order chi connectivity index (χ0) is 16.8. The largest absolute Gasteiger partial charge is 0.354 e. The highest BCUT2D eigenvalue weighted by Gasteiger charge is 2.12. The number of benzene rings is 1. The number of carbonyl (C=O) groups excluding carboxylic acids is 1. The molecule has 0 saturated heterocycles. The van der Waals surface area contributed by atoms with Crippen LogP contribution in [-0.2, 0) is 11.2 Å². The van der Waals surface area contributed by atoms with Crippen molar-refractivity contribution >= 4 is 5.91 Å². The first kappa shape index (κ1) is 17.2. The van der Waals surface area contributed by atoms with E-state index in [0.717, 1.165) is 12.0 Å². The van der Waals surface area contributed by atoms with Crippen LogP contribution >= 0.6 is 0 Å². The number of aromatic nitrogens is 2. The van der Waals surface area contributed by atoms with Crippen molar-refractivity contribution in [2.75, 3.05) is 0 Å². The second-order valence-corrected chi connectivity index (χ2v) is 6.17. The van der Waals surface area contributed by atoms with E-state index in [1.54, 1.807) is 0 Å². The quantitative estimate of drug-likeness (QED) is 0.845. The lowest BCUT2D eigenvalue weighted by molar-refractivity contribution is -0.121. The molecule has 0 saturated carbocycles. The Bertz CT molecular complexity index is 632. The average Bonchev–Trinajstić information content (AvgIpc) is 3.02. The molecule has 2 rings (SSSR count). The van der Waals surface area contributed by atoms with E-state index < -0.39 is 0 Å². The lowest BCUT2D eigenvalue weighted by Gasteiger charge is -2.10. The van der Waals surface area contributed by atoms with Crippen LogP contribution in [0.4, 0.5) is 0 Å². The van der Waals surface area contributed by atoms with Crippen LogP contribution < -0.4 is 5.32 Å². The summed E-state index contributed by atoms with van der Waals surface area (Å²) in [7, 11) is 0. The molecule has 5 heteroatoms. The van der Waals surface area contributed by atoms with E-state index in [1.807, 2.05) is 26.0 Å². The maximum Gasteiger partial charge on any atom is 0.227 e. The molecule has 1 N–H and O–H groups in total. The molecule has 0 aliphatic rings. The number of nitrogens with one attached hydrogen (secondary N) is 1. The van der Waals surface area contributed by atoms with E-state index in [-0.39, 0.29) is 11.9 Å². The maximum atomic E-state index is 11.8. The van der Waals surface area contributed by atoms with E-state index in [0.29, 0.717) is 30.5 Å². The normalized spacial score (nSPS) is 12.4. The van der Waals surface area contributed by atoms with Crippen LogP contribution in [0.5, 0.6) is 0 Å². The highest BCUT2D eigenvalue weighted by molar-refractivity contribution is 5.76. The Kier molecular flexibility index (Phi) is 5.90. The molecule has 0 aliphatic carbocycles. The van der Waals surface area contributed by atoms with Gasteiger partial charge < -0.3 is 9.84 Å². The predicted molar refractivity (Wildman–Crippen MR) is 90.0 cm³/mol. The minimum atomic E-state index is 0.0142. The summed E-state index contributed by atoms with van der Waals surface area (Å²) in [4.78, 5) is 16.1. The molecule has 0 unspecified atom stereocenters. The number of amides is 1. The van der Waals surface area contributed by atoms with Gasteiger partial charge in [-0.05, 0) is 24.8 Å². The molecule has 0 spiro atoms. The van der Waals surface area contributed by atoms with Gasteiger partial charge in [0.25, 0.3) is 0 Å². The van der Waals surface area contributed by atoms with E-state index in [1.165, 1.54) is 5.56 Å². The monoisotopic (exact) mass is 315 g/mol. The molecule has 23 heavy (non-hydrogen) atoms. The van der Waals surface area contributed by atoms with Crippen molar-refractivity contribution in [2.24, 2.45) is 0 Å². The van der Waals surface area contributed by atoms with Gasteiger partial charge in [-0.15, -0.1) is 0 Å². The molecule has 1 heterocycles. The summed E-state index contributed by atoms with van der Waals surface area (Å²) in [6, 6.07) is 8.35. The fraction of sp³-hybridized carbons (Fsp3) is 0.500. The molecule has 2 aromatic rings. The number of carbonyl (C=O) groups is 1. The van der Waals surface area contributed by atoms with Gasteiger partial charge in [0.15, 0.2) is 0 Å². The van der Waals surface area contributed by atoms with E-state index in [9.17, 15) is 4.79 Å². The minimum Gasteiger partial charge on any atom is -0.354 e. The zero-order valence-electron chi connectivity index (χ0n) is 14.3. The standard InChI is InChI=1S/C18H25N3O2/c1-5-13(4)19-16(22)10-11-17-20-18(21-23-17)15-8-6-14(7-9-15)12(2)3/h6-9,12-13H,5,10-11H2,1-4H3,(H,19,22)/t13-/m0/s1. The molecule has 124 valence electrons. The fourth-order valence-corrected chi connectivity index (χ4v) is 2.16. The molecule has 0 bridgehead atoms. The Morgan fingerprint density at radius 2 is 1.91 bits per heavy atom. The summed E-state index contributed by atoms with van der Waals surface area (Å²) in [5.74, 6) is 1.57. The van der Waals surface area contributed by atoms with Crippen molar-refractivity contribution in [2.45, 2.75) is 58.9 Å². The average molecular weight is 315 g/mol. The topological polar surface area (TPSA) is 68.0 Å². The Hall–Kier alpha value is -2.17. The van der Waals surface area contributed by atoms with Gasteiger partial charge in [0.1, 0.15) is 0 Å². The third-order valence-corrected chi connectivity index (χ3v) is 3.89. The van der Waals surface area contributed by atoms with Crippen molar-refractivity contribution in [1.29, 1.82) is 0 Å². The second-order valence-electron chi connectivity index (χ2n) is 6.17. The lowest BCUT2D eigenvalue weighted by atomic mass is 10.0. The van der Waals surface area contributed by atoms with E-state index in [2.05, 4.69) is 41.4 Å². The minimum absolute atomic E-state index is 0.0142. The molecule has 1 aromatic heterocycles. The summed E-state index contributed by atoms with van der Waals surface area (Å²) in [6.07, 6.45) is 1.74. The van der Waals surface area contributed by atoms with Gasteiger partial charge in [-0.1, -0.05) is 50.2 Å². The van der Waals surface area contributed by atoms with Gasteiger partial charge in [0.05, 0.1) is 0 Å². The molecule has 0 aliphatic heterocycles. The summed E-state index contributed by atoms with van der Waals surface area (Å²) in [5, 5.41) is 6.92. The molecular formula is C18H25N3O2. The van der Waals surface area contributed by atoms with Gasteiger partial charge in [-0.3, -0.25) is 4.79 Å². The second kappa shape index (κ2) is 7.90. The number of hydrogen-bond acceptors (Lipinski definition) is 4. The number of aryl methyl sites for hydroxylation is 1. The lowest BCUT2D eigenvalue weighted by Crippen LogP contribution is -2.32. The highest BCUT2D eigenvalue weighted by Crippen LogP contribution is 2.20. The first-order valence-corrected chi connectivity index (χ1v) is 8.21. The maximum absolute atomic E-state index is 11.8. The van der Waals surface area contributed by atoms with Crippen LogP contribution in [0.25, 0.3) is 11.4 Å². The molecular weight excluding hydrogens is 290 g/mol. The Morgan fingerprint density at radius 1 is 1.22 bits per heavy atom. The van der Waals surface area contributed by atoms with E-state index in [4.69, 9.17) is 4.52 Å². The zero-order valence-corrected chi connectivity index (χ0v) is 14.3. The summed E-state index contributed by atoms with van der Waals surface area (Å²) in [6.45, 7) is 8.35. The van der Waals surface area contributed by atoms with Crippen LogP contribution in [-0.4, -0.2) is 22.1 Å². The van der Waals surface area contributed by atoms with Crippen LogP contribution in [0.3, 0.4) is 0 Å². The van der Waals surface area contributed by atoms with Gasteiger partial charge in [-0.25, -0.2) is 0 Å². The van der Waals surface area contributed by atoms with Gasteiger partial charge in [0, 0.05) is 24.4 Å². The van der Waals surface area contributed by atoms with Crippen molar-refractivity contribution in [1.82, 2.24) is 15.5 Å². The first-order chi connectivity index (χ1) is 11.0. The number of hydrogen-bond donors (Lipinski definition) is 1. The fourth-order valence-electron chi connectivity index (χ4n) is 2.16. The summed E-state index contributed by atoms with van der Waals surface area (Å²) < 4.78 is 5.24. The molecule has 5 nitrogen and oxygen atoms in total. The van der Waals surface area contributed by atoms with Crippen molar-refractivity contribution < 1.29 is 9.32 Å². The van der Waals surface area contributed by atoms with Gasteiger partial charge in [-0.2, -0.15) is 4.98 Å². The molecule has 0 fully saturated rings. The third kappa shape index (κ3) is 4.91. The Labute approximate surface area is 137 Å². The van der Waals surface area contributed by atoms with Gasteiger partial charge in [0.2, 0.25) is 17.6 Å². The van der Waals surface area contributed by atoms with Crippen molar-refractivity contribution in [3.63, 3.8) is 0 Å². The molecule has 1 atom stereocenters. The van der Waals surface area contributed by atoms with Crippen LogP contribution in [0.1, 0.15) is 57.9 Å². The SMILES string of the molecule is CC[C@H](C)NC(=O)CCc1nc(-c2ccc(C(C)C)cc2)no1. The Morgan fingerprint density at radius 3 is 2.52 bits per heavy atom. The predicted octanol–water partition coefficient (Wildman–Crippen LogP) is 3.71. The highest BCUT2D eigenvalue weighted by atomic mass is 16.5. The number of rotatable bonds is 7. The van der Waals surface area contributed by atoms with Crippen LogP contribution in [0.2, 0.25) is 0 Å². The summed E-state index contributed by atoms with van der Waals surface area (Å²) >= 11 is 0. The van der Waals surface area contributed by atoms with Crippen molar-refractivity contribution in [3.8, 4) is 11.4 Å². The molecule has 1 aromatic carbocycles. The van der Waals surface area contributed by atoms with E-state index >= 15 is 0 Å². The van der Waals surface area contributed by atoms with Crippen LogP contribution in [0.15, 0.2) is 28.8 Å². The molecule has 0 radical (unpaired) electrons. The third-order valence-electron chi connectivity index (χ3n) is 3.89. The number of nitrogens with zero attached hydrogens (tertiary/aromatic N) is 2. The molecule has 1 amide bonds. The van der Waals surface area contributed by atoms with Crippen LogP contribution in [0, 0.1) is 0 Å². The Balaban J connectivity index is 1.94. The smallest absolute Gasteiger partial charge is 0.227 e. The first-order valence-electron chi connectivity index (χ1n) is 8.21. The summed E-state index contributed by atoms with van der Waals surface area (Å²) in [5.41, 5.74) is 2.20. The van der Waals surface area contributed by atoms with Gasteiger partial charge >= 0.3 is 0 Å². The van der Waals surface area contributed by atoms with Crippen molar-refractivity contribution in [3.05, 3.63) is 35.7 Å².